The van der Waals surface area contributed by atoms with E-state index in [-0.39, 0.29) is 47.4 Å². The van der Waals surface area contributed by atoms with Gasteiger partial charge in [0.2, 0.25) is 17.7 Å². The fourth-order valence-corrected chi connectivity index (χ4v) is 5.59. The first-order chi connectivity index (χ1) is 14.1. The molecule has 5 nitrogen and oxygen atoms in total. The van der Waals surface area contributed by atoms with Crippen molar-refractivity contribution < 1.29 is 14.4 Å². The monoisotopic (exact) mass is 390 g/mol. The van der Waals surface area contributed by atoms with Crippen LogP contribution in [-0.2, 0) is 14.4 Å². The molecule has 3 fully saturated rings. The summed E-state index contributed by atoms with van der Waals surface area (Å²) in [6.07, 6.45) is 14.1. The van der Waals surface area contributed by atoms with Crippen molar-refractivity contribution in [3.63, 3.8) is 0 Å². The molecular weight excluding hydrogens is 364 g/mol. The number of fused-ring (bicyclic) bond motifs is 5. The molecule has 1 N–H and O–H groups in total. The number of rotatable bonds is 4. The summed E-state index contributed by atoms with van der Waals surface area (Å²) in [7, 11) is 0. The predicted molar refractivity (Wildman–Crippen MR) is 111 cm³/mol. The second-order valence-electron chi connectivity index (χ2n) is 8.78. The van der Waals surface area contributed by atoms with Gasteiger partial charge in [0, 0.05) is 12.1 Å². The summed E-state index contributed by atoms with van der Waals surface area (Å²) >= 11 is 0. The first-order valence-corrected chi connectivity index (χ1v) is 10.8. The molecule has 0 spiro atoms. The van der Waals surface area contributed by atoms with Gasteiger partial charge in [-0.25, -0.2) is 4.90 Å². The van der Waals surface area contributed by atoms with E-state index in [4.69, 9.17) is 0 Å². The summed E-state index contributed by atoms with van der Waals surface area (Å²) in [6, 6.07) is 7.60. The summed E-state index contributed by atoms with van der Waals surface area (Å²) < 4.78 is 0. The lowest BCUT2D eigenvalue weighted by atomic mass is 9.85. The Labute approximate surface area is 170 Å². The highest BCUT2D eigenvalue weighted by atomic mass is 16.2. The minimum Gasteiger partial charge on any atom is -0.350 e. The summed E-state index contributed by atoms with van der Waals surface area (Å²) in [5.41, 5.74) is 1.41. The Morgan fingerprint density at radius 3 is 2.38 bits per heavy atom. The molecule has 3 aliphatic carbocycles. The van der Waals surface area contributed by atoms with Crippen molar-refractivity contribution in [2.24, 2.45) is 23.7 Å². The number of nitrogens with one attached hydrogen (secondary N) is 1. The van der Waals surface area contributed by atoms with Crippen LogP contribution in [0, 0.1) is 23.7 Å². The zero-order chi connectivity index (χ0) is 20.0. The van der Waals surface area contributed by atoms with Gasteiger partial charge in [-0.15, -0.1) is 0 Å². The van der Waals surface area contributed by atoms with Crippen LogP contribution in [0.5, 0.6) is 0 Å². The molecule has 0 unspecified atom stereocenters. The molecule has 1 aromatic carbocycles. The van der Waals surface area contributed by atoms with Crippen LogP contribution in [0.4, 0.5) is 5.69 Å². The molecule has 5 rings (SSSR count). The number of anilines is 1. The van der Waals surface area contributed by atoms with E-state index in [1.54, 1.807) is 18.2 Å². The molecule has 0 aromatic heterocycles. The predicted octanol–water partition coefficient (Wildman–Crippen LogP) is 3.46. The van der Waals surface area contributed by atoms with Crippen molar-refractivity contribution in [3.05, 3.63) is 48.1 Å². The number of allylic oxidation sites excluding steroid dienone is 2. The zero-order valence-corrected chi connectivity index (χ0v) is 16.4. The topological polar surface area (TPSA) is 66.5 Å². The average molecular weight is 390 g/mol. The van der Waals surface area contributed by atoms with Gasteiger partial charge < -0.3 is 5.32 Å². The summed E-state index contributed by atoms with van der Waals surface area (Å²) in [6.45, 7) is 0. The zero-order valence-electron chi connectivity index (χ0n) is 16.4. The molecular formula is C24H26N2O3. The third-order valence-electron chi connectivity index (χ3n) is 6.98. The Bertz CT molecular complexity index is 882. The van der Waals surface area contributed by atoms with Gasteiger partial charge in [-0.1, -0.05) is 43.5 Å². The lowest BCUT2D eigenvalue weighted by Gasteiger charge is -2.21. The number of amides is 3. The SMILES string of the molecule is O=C(/C=C\c1cccc(N2C(=O)[C@@H]3[C@H](C2=O)[C@H]2C=C[C@H]3C2)c1)NC1CCCCC1. The number of carbonyl (C=O) groups excluding carboxylic acids is 3. The first-order valence-electron chi connectivity index (χ1n) is 10.8. The van der Waals surface area contributed by atoms with E-state index >= 15 is 0 Å². The number of carbonyl (C=O) groups is 3. The Balaban J connectivity index is 1.29. The van der Waals surface area contributed by atoms with E-state index in [1.165, 1.54) is 24.2 Å². The van der Waals surface area contributed by atoms with Crippen molar-refractivity contribution in [3.8, 4) is 0 Å². The van der Waals surface area contributed by atoms with Gasteiger partial charge in [0.1, 0.15) is 0 Å². The Kier molecular flexibility index (Phi) is 4.61. The third-order valence-corrected chi connectivity index (χ3v) is 6.98. The van der Waals surface area contributed by atoms with Gasteiger partial charge in [0.25, 0.3) is 0 Å². The van der Waals surface area contributed by atoms with Gasteiger partial charge in [0.05, 0.1) is 17.5 Å². The summed E-state index contributed by atoms with van der Waals surface area (Å²) in [5.74, 6) is -0.221. The molecule has 4 aliphatic rings. The number of nitrogens with zero attached hydrogens (tertiary/aromatic N) is 1. The van der Waals surface area contributed by atoms with Crippen LogP contribution in [0.15, 0.2) is 42.5 Å². The molecule has 4 atom stereocenters. The highest BCUT2D eigenvalue weighted by molar-refractivity contribution is 6.22. The van der Waals surface area contributed by atoms with E-state index in [0.717, 1.165) is 24.8 Å². The molecule has 1 saturated heterocycles. The number of benzene rings is 1. The minimum absolute atomic E-state index is 0.0759. The normalized spacial score (nSPS) is 31.1. The van der Waals surface area contributed by atoms with E-state index in [1.807, 2.05) is 18.2 Å². The maximum Gasteiger partial charge on any atom is 0.244 e. The highest BCUT2D eigenvalue weighted by Crippen LogP contribution is 2.53. The molecule has 29 heavy (non-hydrogen) atoms. The smallest absolute Gasteiger partial charge is 0.244 e. The standard InChI is InChI=1S/C24H26N2O3/c27-20(25-18-6-2-1-3-7-18)12-9-15-5-4-8-19(13-15)26-23(28)21-16-10-11-17(14-16)22(21)24(26)29/h4-5,8-13,16-18,21-22H,1-3,6-7,14H2,(H,25,27)/b12-9-/t16-,17-,21-,22+/m0/s1. The van der Waals surface area contributed by atoms with Crippen LogP contribution in [0.3, 0.4) is 0 Å². The molecule has 1 aliphatic heterocycles. The average Bonchev–Trinajstić information content (AvgIpc) is 3.41. The van der Waals surface area contributed by atoms with Crippen molar-refractivity contribution in [1.29, 1.82) is 0 Å². The Hall–Kier alpha value is -2.69. The fourth-order valence-electron chi connectivity index (χ4n) is 5.59. The molecule has 150 valence electrons. The summed E-state index contributed by atoms with van der Waals surface area (Å²) in [5, 5.41) is 3.07. The third kappa shape index (κ3) is 3.22. The first kappa shape index (κ1) is 18.3. The molecule has 3 amide bonds. The summed E-state index contributed by atoms with van der Waals surface area (Å²) in [4.78, 5) is 39.5. The lowest BCUT2D eigenvalue weighted by molar-refractivity contribution is -0.123. The maximum absolute atomic E-state index is 13.0. The van der Waals surface area contributed by atoms with E-state index < -0.39 is 0 Å². The fraction of sp³-hybridized carbons (Fsp3) is 0.458. The van der Waals surface area contributed by atoms with Crippen molar-refractivity contribution in [2.75, 3.05) is 4.90 Å². The molecule has 1 heterocycles. The molecule has 2 saturated carbocycles. The van der Waals surface area contributed by atoms with Crippen LogP contribution in [0.2, 0.25) is 0 Å². The van der Waals surface area contributed by atoms with Crippen LogP contribution in [0.25, 0.3) is 6.08 Å². The van der Waals surface area contributed by atoms with Crippen LogP contribution in [0.1, 0.15) is 44.1 Å². The maximum atomic E-state index is 13.0. The lowest BCUT2D eigenvalue weighted by Crippen LogP contribution is -2.34. The van der Waals surface area contributed by atoms with E-state index in [0.29, 0.717) is 5.69 Å². The highest BCUT2D eigenvalue weighted by Gasteiger charge is 2.59. The molecule has 1 aromatic rings. The van der Waals surface area contributed by atoms with Gasteiger partial charge >= 0.3 is 0 Å². The Morgan fingerprint density at radius 2 is 1.69 bits per heavy atom. The molecule has 5 heteroatoms. The van der Waals surface area contributed by atoms with Gasteiger partial charge in [-0.05, 0) is 54.9 Å². The quantitative estimate of drug-likeness (QED) is 0.486. The van der Waals surface area contributed by atoms with Crippen LogP contribution in [-0.4, -0.2) is 23.8 Å². The number of hydrogen-bond acceptors (Lipinski definition) is 3. The second-order valence-corrected chi connectivity index (χ2v) is 8.78. The van der Waals surface area contributed by atoms with Crippen molar-refractivity contribution >= 4 is 29.5 Å². The van der Waals surface area contributed by atoms with Crippen molar-refractivity contribution in [2.45, 2.75) is 44.6 Å². The van der Waals surface area contributed by atoms with Crippen molar-refractivity contribution in [1.82, 2.24) is 5.32 Å². The van der Waals surface area contributed by atoms with Crippen LogP contribution >= 0.6 is 0 Å². The number of hydrogen-bond donors (Lipinski definition) is 1. The second kappa shape index (κ2) is 7.29. The number of imide groups is 1. The van der Waals surface area contributed by atoms with Gasteiger partial charge in [0.15, 0.2) is 0 Å². The molecule has 2 bridgehead atoms. The van der Waals surface area contributed by atoms with E-state index in [2.05, 4.69) is 17.5 Å². The molecule has 0 radical (unpaired) electrons. The largest absolute Gasteiger partial charge is 0.350 e. The minimum atomic E-state index is -0.196. The van der Waals surface area contributed by atoms with Crippen LogP contribution < -0.4 is 10.2 Å². The Morgan fingerprint density at radius 1 is 1.00 bits per heavy atom. The van der Waals surface area contributed by atoms with Gasteiger partial charge in [-0.3, -0.25) is 14.4 Å². The van der Waals surface area contributed by atoms with Gasteiger partial charge in [-0.2, -0.15) is 0 Å². The van der Waals surface area contributed by atoms with E-state index in [9.17, 15) is 14.4 Å².